The van der Waals surface area contributed by atoms with Gasteiger partial charge < -0.3 is 10.1 Å². The molecule has 1 heterocycles. The SMILES string of the molecule is Cc1[nH]c(C(=O)O)c(C)c1S(=O)(=O)N(C)CCC(C)C. The predicted octanol–water partition coefficient (Wildman–Crippen LogP) is 2.00. The molecule has 0 aliphatic carbocycles. The van der Waals surface area contributed by atoms with Gasteiger partial charge in [-0.25, -0.2) is 17.5 Å². The molecule has 0 saturated carbocycles. The molecule has 1 aromatic rings. The van der Waals surface area contributed by atoms with Crippen molar-refractivity contribution in [2.24, 2.45) is 5.92 Å². The van der Waals surface area contributed by atoms with Crippen LogP contribution in [0.3, 0.4) is 0 Å². The zero-order chi connectivity index (χ0) is 15.7. The second-order valence-electron chi connectivity index (χ2n) is 5.39. The molecule has 0 spiro atoms. The summed E-state index contributed by atoms with van der Waals surface area (Å²) in [6.45, 7) is 7.54. The summed E-state index contributed by atoms with van der Waals surface area (Å²) in [7, 11) is -2.15. The molecule has 114 valence electrons. The third-order valence-electron chi connectivity index (χ3n) is 3.27. The summed E-state index contributed by atoms with van der Waals surface area (Å²) in [6, 6.07) is 0. The Morgan fingerprint density at radius 3 is 2.30 bits per heavy atom. The largest absolute Gasteiger partial charge is 0.477 e. The maximum absolute atomic E-state index is 12.5. The molecule has 0 aliphatic rings. The zero-order valence-electron chi connectivity index (χ0n) is 12.5. The molecule has 0 atom stereocenters. The smallest absolute Gasteiger partial charge is 0.352 e. The fourth-order valence-corrected chi connectivity index (χ4v) is 3.63. The van der Waals surface area contributed by atoms with E-state index in [9.17, 15) is 13.2 Å². The van der Waals surface area contributed by atoms with E-state index in [4.69, 9.17) is 5.11 Å². The van der Waals surface area contributed by atoms with Crippen LogP contribution < -0.4 is 0 Å². The molecule has 0 bridgehead atoms. The third kappa shape index (κ3) is 3.21. The summed E-state index contributed by atoms with van der Waals surface area (Å²) < 4.78 is 26.4. The average Bonchev–Trinajstić information content (AvgIpc) is 2.61. The lowest BCUT2D eigenvalue weighted by Gasteiger charge is -2.18. The number of H-pyrrole nitrogens is 1. The summed E-state index contributed by atoms with van der Waals surface area (Å²) in [5, 5.41) is 9.04. The van der Waals surface area contributed by atoms with Gasteiger partial charge in [0.1, 0.15) is 10.6 Å². The van der Waals surface area contributed by atoms with E-state index in [1.165, 1.54) is 18.3 Å². The first-order valence-electron chi connectivity index (χ1n) is 6.47. The number of hydrogen-bond acceptors (Lipinski definition) is 3. The van der Waals surface area contributed by atoms with Crippen molar-refractivity contribution in [1.82, 2.24) is 9.29 Å². The van der Waals surface area contributed by atoms with Gasteiger partial charge in [-0.3, -0.25) is 0 Å². The molecule has 0 amide bonds. The van der Waals surface area contributed by atoms with Gasteiger partial charge in [0, 0.05) is 24.8 Å². The van der Waals surface area contributed by atoms with Crippen molar-refractivity contribution < 1.29 is 18.3 Å². The Morgan fingerprint density at radius 1 is 1.35 bits per heavy atom. The van der Waals surface area contributed by atoms with Crippen LogP contribution in [0.2, 0.25) is 0 Å². The Labute approximate surface area is 119 Å². The summed E-state index contributed by atoms with van der Waals surface area (Å²) in [4.78, 5) is 13.8. The lowest BCUT2D eigenvalue weighted by Crippen LogP contribution is -2.29. The average molecular weight is 302 g/mol. The van der Waals surface area contributed by atoms with Crippen molar-refractivity contribution in [2.45, 2.75) is 39.0 Å². The fraction of sp³-hybridized carbons (Fsp3) is 0.615. The van der Waals surface area contributed by atoms with Crippen LogP contribution in [0.5, 0.6) is 0 Å². The van der Waals surface area contributed by atoms with E-state index in [1.54, 1.807) is 6.92 Å². The summed E-state index contributed by atoms with van der Waals surface area (Å²) in [6.07, 6.45) is 0.754. The number of rotatable bonds is 6. The lowest BCUT2D eigenvalue weighted by atomic mass is 10.1. The minimum Gasteiger partial charge on any atom is -0.477 e. The summed E-state index contributed by atoms with van der Waals surface area (Å²) in [5.41, 5.74) is 0.543. The zero-order valence-corrected chi connectivity index (χ0v) is 13.3. The molecule has 0 aromatic carbocycles. The monoisotopic (exact) mass is 302 g/mol. The van der Waals surface area contributed by atoms with Crippen LogP contribution in [0.4, 0.5) is 0 Å². The van der Waals surface area contributed by atoms with Crippen LogP contribution in [0.1, 0.15) is 42.0 Å². The number of nitrogens with one attached hydrogen (secondary N) is 1. The first-order chi connectivity index (χ1) is 9.09. The number of carbonyl (C=O) groups is 1. The number of aromatic amines is 1. The van der Waals surface area contributed by atoms with Crippen molar-refractivity contribution in [3.63, 3.8) is 0 Å². The number of hydrogen-bond donors (Lipinski definition) is 2. The molecule has 0 radical (unpaired) electrons. The highest BCUT2D eigenvalue weighted by Crippen LogP contribution is 2.26. The normalized spacial score (nSPS) is 12.3. The number of carboxylic acid groups (broad SMARTS) is 1. The van der Waals surface area contributed by atoms with E-state index in [1.807, 2.05) is 13.8 Å². The lowest BCUT2D eigenvalue weighted by molar-refractivity contribution is 0.0690. The molecule has 0 fully saturated rings. The van der Waals surface area contributed by atoms with Crippen LogP contribution in [-0.2, 0) is 10.0 Å². The summed E-state index contributed by atoms with van der Waals surface area (Å²) in [5.74, 6) is -0.757. The molecule has 7 heteroatoms. The van der Waals surface area contributed by atoms with Gasteiger partial charge in [-0.05, 0) is 26.2 Å². The molecule has 0 aliphatic heterocycles. The molecule has 0 unspecified atom stereocenters. The topological polar surface area (TPSA) is 90.5 Å². The fourth-order valence-electron chi connectivity index (χ4n) is 2.05. The minimum atomic E-state index is -3.67. The van der Waals surface area contributed by atoms with E-state index in [-0.39, 0.29) is 16.2 Å². The van der Waals surface area contributed by atoms with Crippen LogP contribution in [0.25, 0.3) is 0 Å². The molecule has 6 nitrogen and oxygen atoms in total. The van der Waals surface area contributed by atoms with Gasteiger partial charge in [-0.2, -0.15) is 0 Å². The Hall–Kier alpha value is -1.34. The van der Waals surface area contributed by atoms with E-state index in [0.29, 0.717) is 18.2 Å². The van der Waals surface area contributed by atoms with Gasteiger partial charge >= 0.3 is 5.97 Å². The number of sulfonamides is 1. The Kier molecular flexibility index (Phi) is 4.99. The van der Waals surface area contributed by atoms with Gasteiger partial charge in [-0.1, -0.05) is 13.8 Å². The highest BCUT2D eigenvalue weighted by molar-refractivity contribution is 7.89. The molecular formula is C13H22N2O4S. The first-order valence-corrected chi connectivity index (χ1v) is 7.91. The Bertz CT molecular complexity index is 602. The number of aryl methyl sites for hydroxylation is 1. The van der Waals surface area contributed by atoms with Crippen LogP contribution in [0, 0.1) is 19.8 Å². The van der Waals surface area contributed by atoms with Gasteiger partial charge in [-0.15, -0.1) is 0 Å². The molecule has 0 saturated heterocycles. The molecule has 2 N–H and O–H groups in total. The maximum atomic E-state index is 12.5. The molecule has 1 rings (SSSR count). The number of carboxylic acids is 1. The minimum absolute atomic E-state index is 0.0705. The third-order valence-corrected chi connectivity index (χ3v) is 5.40. The summed E-state index contributed by atoms with van der Waals surface area (Å²) >= 11 is 0. The van der Waals surface area contributed by atoms with Gasteiger partial charge in [0.05, 0.1) is 0 Å². The molecule has 20 heavy (non-hydrogen) atoms. The van der Waals surface area contributed by atoms with Gasteiger partial charge in [0.25, 0.3) is 0 Å². The van der Waals surface area contributed by atoms with Crippen molar-refractivity contribution in [2.75, 3.05) is 13.6 Å². The van der Waals surface area contributed by atoms with Crippen molar-refractivity contribution in [1.29, 1.82) is 0 Å². The van der Waals surface area contributed by atoms with E-state index < -0.39 is 16.0 Å². The maximum Gasteiger partial charge on any atom is 0.352 e. The second-order valence-corrected chi connectivity index (χ2v) is 7.38. The number of aromatic nitrogens is 1. The quantitative estimate of drug-likeness (QED) is 0.841. The van der Waals surface area contributed by atoms with Crippen LogP contribution in [-0.4, -0.2) is 42.4 Å². The Balaban J connectivity index is 3.19. The van der Waals surface area contributed by atoms with Crippen LogP contribution in [0.15, 0.2) is 4.90 Å². The number of aromatic carboxylic acids is 1. The molecule has 1 aromatic heterocycles. The van der Waals surface area contributed by atoms with Gasteiger partial charge in [0.2, 0.25) is 10.0 Å². The standard InChI is InChI=1S/C13H22N2O4S/c1-8(2)6-7-15(5)20(18,19)12-9(3)11(13(16)17)14-10(12)4/h8,14H,6-7H2,1-5H3,(H,16,17). The van der Waals surface area contributed by atoms with Crippen molar-refractivity contribution in [3.05, 3.63) is 17.0 Å². The second kappa shape index (κ2) is 5.97. The van der Waals surface area contributed by atoms with Crippen molar-refractivity contribution in [3.8, 4) is 0 Å². The highest BCUT2D eigenvalue weighted by Gasteiger charge is 2.29. The highest BCUT2D eigenvalue weighted by atomic mass is 32.2. The number of nitrogens with zero attached hydrogens (tertiary/aromatic N) is 1. The molecular weight excluding hydrogens is 280 g/mol. The van der Waals surface area contributed by atoms with E-state index in [2.05, 4.69) is 4.98 Å². The van der Waals surface area contributed by atoms with Gasteiger partial charge in [0.15, 0.2) is 0 Å². The van der Waals surface area contributed by atoms with E-state index in [0.717, 1.165) is 6.42 Å². The first kappa shape index (κ1) is 16.7. The van der Waals surface area contributed by atoms with E-state index >= 15 is 0 Å². The van der Waals surface area contributed by atoms with Crippen LogP contribution >= 0.6 is 0 Å². The predicted molar refractivity (Wildman–Crippen MR) is 76.5 cm³/mol. The van der Waals surface area contributed by atoms with Crippen molar-refractivity contribution >= 4 is 16.0 Å². The Morgan fingerprint density at radius 2 is 1.90 bits per heavy atom.